The van der Waals surface area contributed by atoms with Gasteiger partial charge in [0, 0.05) is 22.8 Å². The fraction of sp³-hybridized carbons (Fsp3) is 1.00. The summed E-state index contributed by atoms with van der Waals surface area (Å²) < 4.78 is 444. The van der Waals surface area contributed by atoms with E-state index in [1.54, 1.807) is 0 Å². The first kappa shape index (κ1) is 53.6. The second kappa shape index (κ2) is 13.3. The summed E-state index contributed by atoms with van der Waals surface area (Å²) in [6.07, 6.45) is -15.1. The van der Waals surface area contributed by atoms with Gasteiger partial charge in [0.2, 0.25) is 0 Å². The summed E-state index contributed by atoms with van der Waals surface area (Å²) in [6.45, 7) is -3.72. The Morgan fingerprint density at radius 1 is 0.309 bits per heavy atom. The lowest BCUT2D eigenvalue weighted by Gasteiger charge is -2.44. The highest BCUT2D eigenvalue weighted by molar-refractivity contribution is 8.89. The summed E-state index contributed by atoms with van der Waals surface area (Å²) in [7, 11) is 0. The standard InChI is InChI=1S/C18H7F32O2PS2/c1-3(19,15(41,42)43)5(21,22)7(25,26)9(29,30)11(33,34)13(37,38)17(47,48)54-53(51,52)55-18(49,50)14(39,40)12(35,36)10(31,32)8(27,28)6(23,24)4(2,20)16(44,45)46/h1-2H3,(H,51,52). The molecule has 0 rings (SSSR count). The summed E-state index contributed by atoms with van der Waals surface area (Å²) in [5, 5.41) is -16.5. The molecule has 2 nitrogen and oxygen atoms in total. The molecular formula is C18H7F32O2PS2. The lowest BCUT2D eigenvalue weighted by Crippen LogP contribution is -2.74. The molecule has 0 aliphatic carbocycles. The zero-order valence-corrected chi connectivity index (χ0v) is 26.7. The van der Waals surface area contributed by atoms with Crippen molar-refractivity contribution in [3.05, 3.63) is 0 Å². The fourth-order valence-electron chi connectivity index (χ4n) is 2.92. The van der Waals surface area contributed by atoms with E-state index in [0.29, 0.717) is 0 Å². The van der Waals surface area contributed by atoms with Crippen molar-refractivity contribution in [2.45, 2.75) is 107 Å². The minimum Gasteiger partial charge on any atom is -0.329 e. The van der Waals surface area contributed by atoms with E-state index in [-0.39, 0.29) is 0 Å². The smallest absolute Gasteiger partial charge is 0.329 e. The van der Waals surface area contributed by atoms with Crippen LogP contribution in [0, 0.1) is 0 Å². The topological polar surface area (TPSA) is 37.3 Å². The summed E-state index contributed by atoms with van der Waals surface area (Å²) in [5.41, 5.74) is -14.4. The van der Waals surface area contributed by atoms with Crippen molar-refractivity contribution in [2.24, 2.45) is 0 Å². The van der Waals surface area contributed by atoms with E-state index in [9.17, 15) is 145 Å². The number of hydrogen-bond acceptors (Lipinski definition) is 3. The van der Waals surface area contributed by atoms with Gasteiger partial charge in [-0.15, -0.1) is 0 Å². The van der Waals surface area contributed by atoms with Crippen LogP contribution >= 0.6 is 28.5 Å². The van der Waals surface area contributed by atoms with Crippen molar-refractivity contribution in [1.82, 2.24) is 0 Å². The quantitative estimate of drug-likeness (QED) is 0.124. The second-order valence-electron chi connectivity index (χ2n) is 10.4. The van der Waals surface area contributed by atoms with Crippen LogP contribution in [0.1, 0.15) is 13.8 Å². The first-order valence-corrected chi connectivity index (χ1v) is 16.2. The van der Waals surface area contributed by atoms with E-state index in [1.807, 2.05) is 0 Å². The average Bonchev–Trinajstić information content (AvgIpc) is 2.89. The van der Waals surface area contributed by atoms with Gasteiger partial charge in [-0.25, -0.2) is 8.78 Å². The van der Waals surface area contributed by atoms with E-state index in [4.69, 9.17) is 4.89 Å². The SMILES string of the molecule is CC(F)(C(F)(F)F)C(F)(F)C(F)(F)C(F)(F)C(F)(F)C(F)(F)C(F)(F)SP(=O)(O)SC(F)(F)C(F)(F)C(F)(F)C(F)(F)C(F)(F)C(F)(F)C(C)(F)C(F)(F)F. The van der Waals surface area contributed by atoms with Gasteiger partial charge >= 0.3 is 87.9 Å². The van der Waals surface area contributed by atoms with Gasteiger partial charge < -0.3 is 4.89 Å². The molecule has 0 aromatic rings. The van der Waals surface area contributed by atoms with Crippen LogP contribution in [0.3, 0.4) is 0 Å². The number of halogens is 32. The molecule has 37 heteroatoms. The molecule has 0 radical (unpaired) electrons. The van der Waals surface area contributed by atoms with E-state index in [2.05, 4.69) is 0 Å². The fourth-order valence-corrected chi connectivity index (χ4v) is 8.58. The molecule has 332 valence electrons. The molecule has 0 aliphatic rings. The minimum absolute atomic E-state index is 1.86. The van der Waals surface area contributed by atoms with Gasteiger partial charge in [0.25, 0.3) is 11.3 Å². The van der Waals surface area contributed by atoms with Crippen LogP contribution in [0.4, 0.5) is 140 Å². The van der Waals surface area contributed by atoms with Gasteiger partial charge in [0.15, 0.2) is 0 Å². The van der Waals surface area contributed by atoms with Gasteiger partial charge in [-0.05, 0) is 13.8 Å². The normalized spacial score (nSPS) is 19.8. The molecule has 55 heavy (non-hydrogen) atoms. The van der Waals surface area contributed by atoms with Crippen molar-refractivity contribution in [3.63, 3.8) is 0 Å². The highest BCUT2D eigenvalue weighted by atomic mass is 33.1. The summed E-state index contributed by atoms with van der Waals surface area (Å²) in [6, 6.07) is 0. The van der Waals surface area contributed by atoms with Gasteiger partial charge in [0.05, 0.1) is 0 Å². The van der Waals surface area contributed by atoms with Gasteiger partial charge in [-0.2, -0.15) is 132 Å². The zero-order chi connectivity index (χ0) is 45.9. The summed E-state index contributed by atoms with van der Waals surface area (Å²) in [5.74, 6) is -98.2. The Hall–Kier alpha value is -1.35. The average molecular weight is 958 g/mol. The maximum atomic E-state index is 14.0. The molecule has 0 aliphatic heterocycles. The molecule has 1 N–H and O–H groups in total. The van der Waals surface area contributed by atoms with Crippen LogP contribution in [0.2, 0.25) is 0 Å². The molecule has 2 unspecified atom stereocenters. The third-order valence-corrected chi connectivity index (χ3v) is 12.1. The van der Waals surface area contributed by atoms with Crippen LogP contribution in [0.25, 0.3) is 0 Å². The van der Waals surface area contributed by atoms with E-state index in [1.165, 1.54) is 0 Å². The van der Waals surface area contributed by atoms with Crippen LogP contribution in [-0.4, -0.2) is 98.3 Å². The van der Waals surface area contributed by atoms with Crippen LogP contribution in [0.5, 0.6) is 0 Å². The maximum absolute atomic E-state index is 14.0. The lowest BCUT2D eigenvalue weighted by molar-refractivity contribution is -0.439. The Bertz CT molecular complexity index is 1350. The predicted molar refractivity (Wildman–Crippen MR) is 116 cm³/mol. The largest absolute Gasteiger partial charge is 0.428 e. The highest BCUT2D eigenvalue weighted by Gasteiger charge is 2.96. The molecule has 2 atom stereocenters. The number of alkyl halides is 32. The Morgan fingerprint density at radius 3 is 0.618 bits per heavy atom. The van der Waals surface area contributed by atoms with Crippen LogP contribution < -0.4 is 0 Å². The molecule has 0 amide bonds. The van der Waals surface area contributed by atoms with Crippen molar-refractivity contribution in [3.8, 4) is 0 Å². The Morgan fingerprint density at radius 2 is 0.455 bits per heavy atom. The maximum Gasteiger partial charge on any atom is 0.428 e. The van der Waals surface area contributed by atoms with Crippen LogP contribution in [-0.2, 0) is 4.57 Å². The van der Waals surface area contributed by atoms with Crippen molar-refractivity contribution in [1.29, 1.82) is 0 Å². The van der Waals surface area contributed by atoms with Crippen molar-refractivity contribution in [2.75, 3.05) is 0 Å². The van der Waals surface area contributed by atoms with Crippen molar-refractivity contribution >= 4 is 28.5 Å². The van der Waals surface area contributed by atoms with Gasteiger partial charge in [-0.1, -0.05) is 0 Å². The molecule has 0 saturated heterocycles. The monoisotopic (exact) mass is 958 g/mol. The van der Waals surface area contributed by atoms with Crippen molar-refractivity contribution < 1.29 is 150 Å². The molecule has 0 spiro atoms. The van der Waals surface area contributed by atoms with E-state index < -0.39 is 136 Å². The highest BCUT2D eigenvalue weighted by Crippen LogP contribution is 2.79. The number of rotatable bonds is 16. The molecule has 0 bridgehead atoms. The minimum atomic E-state index is -9.23. The van der Waals surface area contributed by atoms with Gasteiger partial charge in [-0.3, -0.25) is 4.57 Å². The Labute approximate surface area is 286 Å². The first-order valence-electron chi connectivity index (χ1n) is 11.7. The second-order valence-corrected chi connectivity index (χ2v) is 17.5. The van der Waals surface area contributed by atoms with E-state index >= 15 is 0 Å². The molecule has 0 saturated carbocycles. The molecular weight excluding hydrogens is 951 g/mol. The number of hydrogen-bond donors (Lipinski definition) is 1. The molecule has 0 heterocycles. The molecule has 0 fully saturated rings. The Balaban J connectivity index is 7.17. The summed E-state index contributed by atoms with van der Waals surface area (Å²) in [4.78, 5) is 8.92. The third-order valence-electron chi connectivity index (χ3n) is 6.59. The predicted octanol–water partition coefficient (Wildman–Crippen LogP) is 12.7. The zero-order valence-electron chi connectivity index (χ0n) is 24.2. The van der Waals surface area contributed by atoms with Gasteiger partial charge in [0.1, 0.15) is 0 Å². The van der Waals surface area contributed by atoms with Crippen LogP contribution in [0.15, 0.2) is 0 Å². The molecule has 0 aromatic carbocycles. The Kier molecular flexibility index (Phi) is 13.0. The molecule has 0 aromatic heterocycles. The third kappa shape index (κ3) is 7.23. The van der Waals surface area contributed by atoms with E-state index in [0.717, 1.165) is 0 Å². The first-order chi connectivity index (χ1) is 22.9. The summed E-state index contributed by atoms with van der Waals surface area (Å²) >= 11 is -7.88. The lowest BCUT2D eigenvalue weighted by atomic mass is 9.86.